The largest absolute Gasteiger partial charge is 0.454 e. The Kier molecular flexibility index (Phi) is 10.1. The molecule has 0 spiro atoms. The molecule has 1 aliphatic heterocycles. The van der Waals surface area contributed by atoms with Gasteiger partial charge < -0.3 is 19.9 Å². The molecule has 2 N–H and O–H groups in total. The number of benzene rings is 2. The van der Waals surface area contributed by atoms with Gasteiger partial charge in [-0.2, -0.15) is 4.31 Å². The number of aliphatic hydroxyl groups is 1. The summed E-state index contributed by atoms with van der Waals surface area (Å²) in [6.45, 7) is 5.44. The fourth-order valence-corrected chi connectivity index (χ4v) is 6.60. The highest BCUT2D eigenvalue weighted by molar-refractivity contribution is 7.89. The van der Waals surface area contributed by atoms with Gasteiger partial charge in [-0.25, -0.2) is 8.42 Å². The monoisotopic (exact) mass is 552 g/mol. The van der Waals surface area contributed by atoms with Crippen molar-refractivity contribution in [3.05, 3.63) is 54.1 Å². The maximum absolute atomic E-state index is 13.6. The molecule has 0 aliphatic carbocycles. The van der Waals surface area contributed by atoms with E-state index in [0.29, 0.717) is 17.9 Å². The first kappa shape index (κ1) is 29.1. The molecule has 0 aromatic heterocycles. The molecule has 37 heavy (non-hydrogen) atoms. The second-order valence-electron chi connectivity index (χ2n) is 9.74. The summed E-state index contributed by atoms with van der Waals surface area (Å²) in [7, 11) is -5.15. The summed E-state index contributed by atoms with van der Waals surface area (Å²) in [6.07, 6.45) is 0.631. The Morgan fingerprint density at radius 2 is 1.76 bits per heavy atom. The highest BCUT2D eigenvalue weighted by Crippen LogP contribution is 2.34. The quantitative estimate of drug-likeness (QED) is 0.391. The lowest BCUT2D eigenvalue weighted by atomic mass is 10.00. The van der Waals surface area contributed by atoms with Gasteiger partial charge in [0.25, 0.3) is 0 Å². The molecule has 2 unspecified atom stereocenters. The third kappa shape index (κ3) is 8.00. The van der Waals surface area contributed by atoms with Crippen molar-refractivity contribution in [2.45, 2.75) is 44.2 Å². The highest BCUT2D eigenvalue weighted by atomic mass is 32.2. The number of rotatable bonds is 13. The van der Waals surface area contributed by atoms with Gasteiger partial charge in [-0.15, -0.1) is 0 Å². The molecular weight excluding hydrogens is 516 g/mol. The maximum atomic E-state index is 13.6. The van der Waals surface area contributed by atoms with Crippen LogP contribution >= 0.6 is 0 Å². The number of sulfonamides is 1. The summed E-state index contributed by atoms with van der Waals surface area (Å²) >= 11 is 0. The van der Waals surface area contributed by atoms with Gasteiger partial charge in [0.1, 0.15) is 0 Å². The first-order chi connectivity index (χ1) is 17.5. The van der Waals surface area contributed by atoms with Crippen LogP contribution in [0, 0.1) is 11.8 Å². The number of aliphatic hydroxyl groups excluding tert-OH is 1. The second kappa shape index (κ2) is 12.9. The van der Waals surface area contributed by atoms with Crippen molar-refractivity contribution in [3.8, 4) is 11.5 Å². The van der Waals surface area contributed by atoms with E-state index in [9.17, 15) is 22.5 Å². The normalized spacial score (nSPS) is 16.4. The van der Waals surface area contributed by atoms with Crippen LogP contribution in [0.25, 0.3) is 0 Å². The summed E-state index contributed by atoms with van der Waals surface area (Å²) in [4.78, 5) is 12.9. The number of nitrogens with zero attached hydrogens (tertiary/aromatic N) is 1. The number of carbonyl (C=O) groups excluding carboxylic acids is 1. The minimum atomic E-state index is -3.99. The molecule has 0 saturated heterocycles. The van der Waals surface area contributed by atoms with Crippen molar-refractivity contribution in [2.75, 3.05) is 31.9 Å². The standard InChI is InChI=1S/C26H36N2O7S2/c1-18(2)14-28(37(32,33)21-10-11-24-25(13-21)35-17-34-24)15-23(29)22(12-20-8-6-5-7-9-20)27-26(30)19(3)16-36(4)31/h5-11,13,18-19,22-23,29H,12,14-17H2,1-4H3,(H,27,30)/t19?,22-,23+,36?/m0/s1. The van der Waals surface area contributed by atoms with E-state index in [0.717, 1.165) is 5.56 Å². The van der Waals surface area contributed by atoms with Crippen LogP contribution in [-0.2, 0) is 32.0 Å². The zero-order valence-electron chi connectivity index (χ0n) is 21.6. The van der Waals surface area contributed by atoms with Crippen molar-refractivity contribution >= 4 is 26.7 Å². The second-order valence-corrected chi connectivity index (χ2v) is 13.2. The van der Waals surface area contributed by atoms with E-state index in [1.165, 1.54) is 22.7 Å². The van der Waals surface area contributed by atoms with E-state index in [1.807, 2.05) is 44.2 Å². The van der Waals surface area contributed by atoms with Gasteiger partial charge in [0, 0.05) is 47.9 Å². The van der Waals surface area contributed by atoms with Crippen LogP contribution in [0.2, 0.25) is 0 Å². The smallest absolute Gasteiger partial charge is 0.243 e. The molecule has 9 nitrogen and oxygen atoms in total. The Morgan fingerprint density at radius 1 is 1.08 bits per heavy atom. The maximum Gasteiger partial charge on any atom is 0.243 e. The van der Waals surface area contributed by atoms with E-state index in [1.54, 1.807) is 13.0 Å². The van der Waals surface area contributed by atoms with Gasteiger partial charge in [0.15, 0.2) is 11.5 Å². The molecule has 1 amide bonds. The molecule has 0 bridgehead atoms. The molecule has 0 fully saturated rings. The van der Waals surface area contributed by atoms with E-state index < -0.39 is 38.9 Å². The number of nitrogens with one attached hydrogen (secondary N) is 1. The average Bonchev–Trinajstić information content (AvgIpc) is 3.31. The van der Waals surface area contributed by atoms with Crippen LogP contribution in [0.15, 0.2) is 53.4 Å². The molecular formula is C26H36N2O7S2. The van der Waals surface area contributed by atoms with Crippen LogP contribution < -0.4 is 14.8 Å². The lowest BCUT2D eigenvalue weighted by Crippen LogP contribution is -2.52. The Bertz CT molecular complexity index is 1190. The Morgan fingerprint density at radius 3 is 2.41 bits per heavy atom. The first-order valence-corrected chi connectivity index (χ1v) is 15.4. The number of ether oxygens (including phenoxy) is 2. The summed E-state index contributed by atoms with van der Waals surface area (Å²) in [6, 6.07) is 13.0. The van der Waals surface area contributed by atoms with E-state index in [-0.39, 0.29) is 42.4 Å². The van der Waals surface area contributed by atoms with Crippen LogP contribution in [0.5, 0.6) is 11.5 Å². The summed E-state index contributed by atoms with van der Waals surface area (Å²) in [5.74, 6) is 0.130. The van der Waals surface area contributed by atoms with Gasteiger partial charge in [0.05, 0.1) is 17.0 Å². The van der Waals surface area contributed by atoms with Crippen LogP contribution in [0.1, 0.15) is 26.3 Å². The molecule has 3 rings (SSSR count). The Balaban J connectivity index is 1.86. The fourth-order valence-electron chi connectivity index (χ4n) is 4.10. The average molecular weight is 553 g/mol. The molecule has 1 heterocycles. The third-order valence-electron chi connectivity index (χ3n) is 5.96. The predicted molar refractivity (Wildman–Crippen MR) is 142 cm³/mol. The highest BCUT2D eigenvalue weighted by Gasteiger charge is 2.33. The molecule has 0 radical (unpaired) electrons. The molecule has 0 saturated carbocycles. The molecule has 4 atom stereocenters. The minimum Gasteiger partial charge on any atom is -0.454 e. The molecule has 1 aliphatic rings. The van der Waals surface area contributed by atoms with Crippen LogP contribution in [0.3, 0.4) is 0 Å². The number of amides is 1. The van der Waals surface area contributed by atoms with Crippen LogP contribution in [0.4, 0.5) is 0 Å². The van der Waals surface area contributed by atoms with Crippen molar-refractivity contribution in [3.63, 3.8) is 0 Å². The topological polar surface area (TPSA) is 122 Å². The van der Waals surface area contributed by atoms with Gasteiger partial charge in [0.2, 0.25) is 22.7 Å². The molecule has 11 heteroatoms. The number of hydrogen-bond donors (Lipinski definition) is 2. The lowest BCUT2D eigenvalue weighted by Gasteiger charge is -2.31. The summed E-state index contributed by atoms with van der Waals surface area (Å²) < 4.78 is 50.8. The SMILES string of the molecule is CC(C)CN(C[C@@H](O)[C@H](Cc1ccccc1)NC(=O)C(C)CS(C)=O)S(=O)(=O)c1ccc2c(c1)OCO2. The van der Waals surface area contributed by atoms with E-state index in [4.69, 9.17) is 9.47 Å². The number of carbonyl (C=O) groups is 1. The zero-order chi connectivity index (χ0) is 27.2. The van der Waals surface area contributed by atoms with Crippen molar-refractivity contribution in [1.29, 1.82) is 0 Å². The van der Waals surface area contributed by atoms with Crippen molar-refractivity contribution < 1.29 is 32.0 Å². The van der Waals surface area contributed by atoms with Gasteiger partial charge in [-0.3, -0.25) is 9.00 Å². The molecule has 2 aromatic rings. The fraction of sp³-hybridized carbons (Fsp3) is 0.500. The van der Waals surface area contributed by atoms with Crippen molar-refractivity contribution in [1.82, 2.24) is 9.62 Å². The van der Waals surface area contributed by atoms with Gasteiger partial charge in [-0.05, 0) is 30.0 Å². The van der Waals surface area contributed by atoms with E-state index >= 15 is 0 Å². The number of fused-ring (bicyclic) bond motifs is 1. The molecule has 2 aromatic carbocycles. The molecule has 204 valence electrons. The van der Waals surface area contributed by atoms with Gasteiger partial charge >= 0.3 is 0 Å². The lowest BCUT2D eigenvalue weighted by molar-refractivity contribution is -0.125. The van der Waals surface area contributed by atoms with Gasteiger partial charge in [-0.1, -0.05) is 51.1 Å². The summed E-state index contributed by atoms with van der Waals surface area (Å²) in [5.41, 5.74) is 0.882. The van der Waals surface area contributed by atoms with E-state index in [2.05, 4.69) is 5.32 Å². The predicted octanol–water partition coefficient (Wildman–Crippen LogP) is 2.16. The first-order valence-electron chi connectivity index (χ1n) is 12.2. The van der Waals surface area contributed by atoms with Crippen LogP contribution in [-0.4, -0.2) is 72.0 Å². The number of hydrogen-bond acceptors (Lipinski definition) is 7. The zero-order valence-corrected chi connectivity index (χ0v) is 23.3. The Hall–Kier alpha value is -2.47. The third-order valence-corrected chi connectivity index (χ3v) is 8.76. The summed E-state index contributed by atoms with van der Waals surface area (Å²) in [5, 5.41) is 14.2. The Labute approximate surface area is 221 Å². The van der Waals surface area contributed by atoms with Crippen molar-refractivity contribution in [2.24, 2.45) is 11.8 Å². The minimum absolute atomic E-state index is 0.0160.